The van der Waals surface area contributed by atoms with Gasteiger partial charge >= 0.3 is 81.6 Å². The Morgan fingerprint density at radius 3 is 1.94 bits per heavy atom. The predicted molar refractivity (Wildman–Crippen MR) is 164 cm³/mol. The number of methoxy groups -OCH3 is 1. The Kier molecular flexibility index (Phi) is 33.5. The first kappa shape index (κ1) is 55.9. The van der Waals surface area contributed by atoms with Gasteiger partial charge in [0.1, 0.15) is 21.3 Å². The Balaban J connectivity index is -0.000000465. The minimum Gasteiger partial charge on any atom is -1.00 e. The number of Topliss-reactive ketones (excluding diaryl/α,β-unsaturated/α-hetero) is 2. The Morgan fingerprint density at radius 2 is 1.47 bits per heavy atom. The van der Waals surface area contributed by atoms with Crippen LogP contribution < -0.4 is 88.1 Å². The van der Waals surface area contributed by atoms with Crippen molar-refractivity contribution in [1.29, 1.82) is 0 Å². The summed E-state index contributed by atoms with van der Waals surface area (Å²) < 4.78 is 67.8. The van der Waals surface area contributed by atoms with Gasteiger partial charge in [-0.15, -0.1) is 12.6 Å². The number of rotatable bonds is 17. The van der Waals surface area contributed by atoms with Crippen molar-refractivity contribution in [2.24, 2.45) is 5.73 Å². The van der Waals surface area contributed by atoms with E-state index >= 15 is 0 Å². The standard InChI is InChI=1S/C18H23N2O10S.C10H20N2O.ClH.2Na.O3S/c21-11-10-12(31(27,28)29)17(26)18(11)30-16(25)7-5-3-1-2-4-6-13(22)19-20-14(23)8-9-15(20)24;1-9(8-11)6-4-3-5-7-10(12)13-2;;;;1-4(2)3/h8,12,18H,1-7,9-10H2,(H,19,22)(H,27,28,29);8,12H,3-7,11H2,1-2H3;1H;;;/q-1;;;2*+1;/p-1/b;9-8-,12-10?;;;;. The van der Waals surface area contributed by atoms with E-state index < -0.39 is 73.8 Å². The molecular formula is C28H43ClN4Na2O14S2. The maximum Gasteiger partial charge on any atom is 1.00 e. The van der Waals surface area contributed by atoms with Crippen LogP contribution >= 0.6 is 0 Å². The summed E-state index contributed by atoms with van der Waals surface area (Å²) in [7, 11) is -6.48. The van der Waals surface area contributed by atoms with Crippen molar-refractivity contribution in [2.45, 2.75) is 108 Å². The van der Waals surface area contributed by atoms with Crippen LogP contribution in [-0.4, -0.2) is 90.2 Å². The van der Waals surface area contributed by atoms with E-state index in [4.69, 9.17) is 33.2 Å². The number of nitrogens with one attached hydrogen (secondary N) is 1. The summed E-state index contributed by atoms with van der Waals surface area (Å²) in [5, 5.41) is 4.18. The van der Waals surface area contributed by atoms with Crippen LogP contribution in [-0.2, 0) is 59.0 Å². The van der Waals surface area contributed by atoms with E-state index in [9.17, 15) is 41.7 Å². The average molecular weight is 805 g/mol. The molecule has 0 bridgehead atoms. The van der Waals surface area contributed by atoms with E-state index in [1.807, 2.05) is 0 Å². The minimum atomic E-state index is -4.98. The maximum absolute atomic E-state index is 11.8. The van der Waals surface area contributed by atoms with Gasteiger partial charge in [-0.3, -0.25) is 35.8 Å². The van der Waals surface area contributed by atoms with Gasteiger partial charge in [0.05, 0.1) is 13.5 Å². The third kappa shape index (κ3) is 25.7. The molecule has 1 aliphatic carbocycles. The van der Waals surface area contributed by atoms with Crippen molar-refractivity contribution in [3.63, 3.8) is 0 Å². The molecule has 0 radical (unpaired) electrons. The van der Waals surface area contributed by atoms with Crippen LogP contribution in [0.1, 0.15) is 96.8 Å². The Bertz CT molecular complexity index is 1410. The SMILES string of the molecule is COC(=[NH2+])CCCCC/C(C)=C\N.O=C(CCCCCCCC(=O)OC1C(=O)CC(S(=O)(=O)[O-])C1=O)NN1C(=O)[CH-]CC1=O.O=S(=O)=O.[Cl-].[Na+].[Na+]. The molecule has 2 aliphatic rings. The fraction of sp³-hybridized carbons (Fsp3) is 0.643. The number of hydrogen-bond acceptors (Lipinski definition) is 15. The van der Waals surface area contributed by atoms with Crippen LogP contribution in [0.5, 0.6) is 0 Å². The molecule has 2 rings (SSSR count). The molecule has 0 aromatic carbocycles. The molecule has 0 spiro atoms. The van der Waals surface area contributed by atoms with Gasteiger partial charge in [-0.2, -0.15) is 0 Å². The van der Waals surface area contributed by atoms with E-state index in [0.717, 1.165) is 19.3 Å². The first-order valence-electron chi connectivity index (χ1n) is 14.9. The number of ketones is 2. The number of ether oxygens (including phenoxy) is 2. The number of hydrazine groups is 1. The molecule has 2 atom stereocenters. The topological polar surface area (TPSA) is 296 Å². The van der Waals surface area contributed by atoms with E-state index in [-0.39, 0.29) is 90.8 Å². The second-order valence-electron chi connectivity index (χ2n) is 10.7. The molecule has 0 aromatic rings. The number of nitrogens with zero attached hydrogens (tertiary/aromatic N) is 1. The summed E-state index contributed by atoms with van der Waals surface area (Å²) in [6.07, 6.45) is 8.43. The monoisotopic (exact) mass is 804 g/mol. The Hall–Kier alpha value is -1.88. The van der Waals surface area contributed by atoms with E-state index in [1.165, 1.54) is 24.8 Å². The van der Waals surface area contributed by atoms with E-state index in [2.05, 4.69) is 12.3 Å². The molecule has 18 nitrogen and oxygen atoms in total. The van der Waals surface area contributed by atoms with Crippen molar-refractivity contribution in [3.05, 3.63) is 18.2 Å². The third-order valence-electron chi connectivity index (χ3n) is 6.84. The number of unbranched alkanes of at least 4 members (excludes halogenated alkanes) is 6. The van der Waals surface area contributed by atoms with Gasteiger partial charge in [0, 0.05) is 19.3 Å². The van der Waals surface area contributed by atoms with Crippen molar-refractivity contribution >= 4 is 61.9 Å². The van der Waals surface area contributed by atoms with Crippen LogP contribution in [0.2, 0.25) is 0 Å². The second kappa shape index (κ2) is 30.6. The predicted octanol–water partition coefficient (Wildman–Crippen LogP) is -10.3. The minimum absolute atomic E-state index is 0. The van der Waals surface area contributed by atoms with Crippen LogP contribution in [0.25, 0.3) is 0 Å². The van der Waals surface area contributed by atoms with Crippen LogP contribution in [0.4, 0.5) is 0 Å². The smallest absolute Gasteiger partial charge is 1.00 e. The van der Waals surface area contributed by atoms with E-state index in [1.54, 1.807) is 13.3 Å². The Morgan fingerprint density at radius 1 is 0.980 bits per heavy atom. The first-order chi connectivity index (χ1) is 22.4. The van der Waals surface area contributed by atoms with Gasteiger partial charge in [0.2, 0.25) is 17.9 Å². The van der Waals surface area contributed by atoms with Crippen molar-refractivity contribution < 1.29 is 141 Å². The molecule has 280 valence electrons. The van der Waals surface area contributed by atoms with Crippen LogP contribution in [0, 0.1) is 6.42 Å². The zero-order valence-electron chi connectivity index (χ0n) is 29.2. The van der Waals surface area contributed by atoms with Gasteiger partial charge < -0.3 is 37.0 Å². The number of halogens is 1. The van der Waals surface area contributed by atoms with Crippen molar-refractivity contribution in [2.75, 3.05) is 7.11 Å². The molecule has 5 N–H and O–H groups in total. The van der Waals surface area contributed by atoms with E-state index in [0.29, 0.717) is 43.0 Å². The van der Waals surface area contributed by atoms with Gasteiger partial charge in [0.25, 0.3) is 0 Å². The van der Waals surface area contributed by atoms with Gasteiger partial charge in [-0.25, -0.2) is 18.8 Å². The number of nitrogens with two attached hydrogens (primary N) is 2. The number of carbonyl (C=O) groups excluding carboxylic acids is 6. The normalized spacial score (nSPS) is 16.4. The van der Waals surface area contributed by atoms with Crippen LogP contribution in [0.15, 0.2) is 11.8 Å². The number of amides is 3. The van der Waals surface area contributed by atoms with Crippen LogP contribution in [0.3, 0.4) is 0 Å². The fourth-order valence-electron chi connectivity index (χ4n) is 4.20. The molecular weight excluding hydrogens is 762 g/mol. The number of hydrogen-bond donors (Lipinski definition) is 3. The molecule has 2 fully saturated rings. The van der Waals surface area contributed by atoms with Crippen molar-refractivity contribution in [3.8, 4) is 0 Å². The molecule has 1 heterocycles. The average Bonchev–Trinajstić information content (AvgIpc) is 3.48. The van der Waals surface area contributed by atoms with Gasteiger partial charge in [0.15, 0.2) is 11.6 Å². The zero-order chi connectivity index (χ0) is 36.9. The number of imide groups is 1. The summed E-state index contributed by atoms with van der Waals surface area (Å²) in [5.74, 6) is -3.83. The van der Waals surface area contributed by atoms with Gasteiger partial charge in [-0.1, -0.05) is 37.7 Å². The Labute approximate surface area is 349 Å². The number of allylic oxidation sites excluding steroid dienone is 1. The summed E-state index contributed by atoms with van der Waals surface area (Å²) in [6, 6.07) is 0. The maximum atomic E-state index is 11.8. The molecule has 1 saturated carbocycles. The molecule has 0 aromatic heterocycles. The molecule has 1 aliphatic heterocycles. The quantitative estimate of drug-likeness (QED) is 0.0142. The van der Waals surface area contributed by atoms with Gasteiger partial charge in [-0.05, 0) is 45.2 Å². The first-order valence-corrected chi connectivity index (χ1v) is 17.4. The number of esters is 1. The summed E-state index contributed by atoms with van der Waals surface area (Å²) in [4.78, 5) is 69.7. The molecule has 1 saturated heterocycles. The summed E-state index contributed by atoms with van der Waals surface area (Å²) >= 11 is 0. The molecule has 51 heavy (non-hydrogen) atoms. The second-order valence-corrected chi connectivity index (χ2v) is 12.6. The fourth-order valence-corrected chi connectivity index (χ4v) is 4.98. The molecule has 3 amide bonds. The molecule has 23 heteroatoms. The largest absolute Gasteiger partial charge is 1.00 e. The summed E-state index contributed by atoms with van der Waals surface area (Å²) in [5.41, 5.74) is 8.84. The van der Waals surface area contributed by atoms with Crippen molar-refractivity contribution in [1.82, 2.24) is 10.4 Å². The number of carbonyl (C=O) groups is 6. The zero-order valence-corrected chi connectivity index (χ0v) is 35.6. The summed E-state index contributed by atoms with van der Waals surface area (Å²) in [6.45, 7) is 2.05. The third-order valence-corrected chi connectivity index (χ3v) is 7.93. The molecule has 2 unspecified atom stereocenters.